The number of hydrogen-bond donors (Lipinski definition) is 1. The lowest BCUT2D eigenvalue weighted by Crippen LogP contribution is -2.53. The van der Waals surface area contributed by atoms with Gasteiger partial charge in [0.25, 0.3) is 0 Å². The fourth-order valence-corrected chi connectivity index (χ4v) is 2.73. The van der Waals surface area contributed by atoms with Crippen LogP contribution in [-0.2, 0) is 0 Å². The van der Waals surface area contributed by atoms with Gasteiger partial charge in [-0.25, -0.2) is 0 Å². The molecule has 2 rings (SSSR count). The first kappa shape index (κ1) is 10.9. The molecule has 1 saturated heterocycles. The molecular formula is C11H19N3S. The summed E-state index contributed by atoms with van der Waals surface area (Å²) in [5.74, 6) is 0. The molecule has 3 nitrogen and oxygen atoms in total. The van der Waals surface area contributed by atoms with Gasteiger partial charge in [0.15, 0.2) is 0 Å². The average molecular weight is 225 g/mol. The van der Waals surface area contributed by atoms with E-state index in [0.717, 1.165) is 19.6 Å². The first-order valence-corrected chi connectivity index (χ1v) is 6.30. The summed E-state index contributed by atoms with van der Waals surface area (Å²) < 4.78 is 0. The fourth-order valence-electron chi connectivity index (χ4n) is 2.02. The van der Waals surface area contributed by atoms with Gasteiger partial charge in [-0.1, -0.05) is 0 Å². The van der Waals surface area contributed by atoms with Gasteiger partial charge >= 0.3 is 0 Å². The van der Waals surface area contributed by atoms with Crippen LogP contribution in [0.25, 0.3) is 0 Å². The Labute approximate surface area is 95.7 Å². The van der Waals surface area contributed by atoms with Gasteiger partial charge in [0.05, 0.1) is 5.00 Å². The van der Waals surface area contributed by atoms with Crippen molar-refractivity contribution < 1.29 is 0 Å². The van der Waals surface area contributed by atoms with Gasteiger partial charge in [-0.05, 0) is 24.6 Å². The highest BCUT2D eigenvalue weighted by atomic mass is 32.1. The number of nitrogens with one attached hydrogen (secondary N) is 1. The lowest BCUT2D eigenvalue weighted by atomic mass is 10.2. The Morgan fingerprint density at radius 1 is 1.67 bits per heavy atom. The lowest BCUT2D eigenvalue weighted by Gasteiger charge is -2.33. The van der Waals surface area contributed by atoms with Crippen LogP contribution < -0.4 is 10.2 Å². The normalized spacial score (nSPS) is 22.9. The number of nitrogens with zero attached hydrogens (tertiary/aromatic N) is 2. The molecule has 1 fully saturated rings. The molecule has 1 atom stereocenters. The van der Waals surface area contributed by atoms with Crippen molar-refractivity contribution in [1.29, 1.82) is 0 Å². The zero-order chi connectivity index (χ0) is 10.7. The number of thiophene rings is 1. The average Bonchev–Trinajstić information content (AvgIpc) is 2.70. The van der Waals surface area contributed by atoms with E-state index in [1.807, 2.05) is 0 Å². The van der Waals surface area contributed by atoms with Gasteiger partial charge in [-0.3, -0.25) is 0 Å². The first-order chi connectivity index (χ1) is 7.25. The van der Waals surface area contributed by atoms with Crippen LogP contribution in [-0.4, -0.2) is 51.2 Å². The van der Waals surface area contributed by atoms with E-state index in [1.165, 1.54) is 11.5 Å². The highest BCUT2D eigenvalue weighted by molar-refractivity contribution is 7.14. The summed E-state index contributed by atoms with van der Waals surface area (Å²) in [7, 11) is 4.36. The SMILES string of the molecule is CN1CCNC(CN(C)c2cccs2)C1. The Morgan fingerprint density at radius 2 is 2.53 bits per heavy atom. The van der Waals surface area contributed by atoms with Crippen LogP contribution in [0, 0.1) is 0 Å². The molecule has 0 aliphatic carbocycles. The van der Waals surface area contributed by atoms with Crippen molar-refractivity contribution in [3.8, 4) is 0 Å². The zero-order valence-corrected chi connectivity index (χ0v) is 10.3. The molecule has 0 amide bonds. The predicted octanol–water partition coefficient (Wildman–Crippen LogP) is 1.09. The molecule has 1 aromatic rings. The first-order valence-electron chi connectivity index (χ1n) is 5.42. The molecule has 0 spiro atoms. The number of hydrogen-bond acceptors (Lipinski definition) is 4. The molecule has 2 heterocycles. The van der Waals surface area contributed by atoms with Crippen molar-refractivity contribution >= 4 is 16.3 Å². The summed E-state index contributed by atoms with van der Waals surface area (Å²) in [5.41, 5.74) is 0. The van der Waals surface area contributed by atoms with E-state index in [2.05, 4.69) is 46.7 Å². The number of piperazine rings is 1. The molecule has 1 aliphatic heterocycles. The van der Waals surface area contributed by atoms with E-state index in [-0.39, 0.29) is 0 Å². The minimum Gasteiger partial charge on any atom is -0.365 e. The van der Waals surface area contributed by atoms with E-state index in [9.17, 15) is 0 Å². The third-order valence-electron chi connectivity index (χ3n) is 2.84. The Morgan fingerprint density at radius 3 is 3.20 bits per heavy atom. The number of rotatable bonds is 3. The van der Waals surface area contributed by atoms with E-state index in [1.54, 1.807) is 11.3 Å². The van der Waals surface area contributed by atoms with Gasteiger partial charge in [0, 0.05) is 39.3 Å². The predicted molar refractivity (Wildman–Crippen MR) is 66.9 cm³/mol. The molecule has 4 heteroatoms. The molecule has 1 aliphatic rings. The highest BCUT2D eigenvalue weighted by Gasteiger charge is 2.18. The molecule has 0 radical (unpaired) electrons. The smallest absolute Gasteiger partial charge is 0.0906 e. The summed E-state index contributed by atoms with van der Waals surface area (Å²) in [6.45, 7) is 4.51. The monoisotopic (exact) mass is 225 g/mol. The van der Waals surface area contributed by atoms with E-state index >= 15 is 0 Å². The fraction of sp³-hybridized carbons (Fsp3) is 0.636. The molecule has 1 unspecified atom stereocenters. The highest BCUT2D eigenvalue weighted by Crippen LogP contribution is 2.19. The molecule has 84 valence electrons. The molecule has 15 heavy (non-hydrogen) atoms. The van der Waals surface area contributed by atoms with Crippen molar-refractivity contribution in [2.75, 3.05) is 45.2 Å². The summed E-state index contributed by atoms with van der Waals surface area (Å²) in [5, 5.41) is 7.05. The van der Waals surface area contributed by atoms with Crippen molar-refractivity contribution in [3.63, 3.8) is 0 Å². The van der Waals surface area contributed by atoms with Crippen LogP contribution in [0.3, 0.4) is 0 Å². The molecule has 0 saturated carbocycles. The van der Waals surface area contributed by atoms with Gasteiger partial charge < -0.3 is 15.1 Å². The third-order valence-corrected chi connectivity index (χ3v) is 3.82. The topological polar surface area (TPSA) is 18.5 Å². The summed E-state index contributed by atoms with van der Waals surface area (Å²) in [4.78, 5) is 4.73. The molecule has 1 N–H and O–H groups in total. The molecule has 0 bridgehead atoms. The van der Waals surface area contributed by atoms with Crippen LogP contribution in [0.4, 0.5) is 5.00 Å². The van der Waals surface area contributed by atoms with Crippen LogP contribution in [0.5, 0.6) is 0 Å². The van der Waals surface area contributed by atoms with Gasteiger partial charge in [0.2, 0.25) is 0 Å². The van der Waals surface area contributed by atoms with Gasteiger partial charge in [-0.2, -0.15) is 0 Å². The van der Waals surface area contributed by atoms with E-state index in [4.69, 9.17) is 0 Å². The molecule has 0 aromatic carbocycles. The van der Waals surface area contributed by atoms with Gasteiger partial charge in [-0.15, -0.1) is 11.3 Å². The Kier molecular flexibility index (Phi) is 3.61. The maximum absolute atomic E-state index is 3.56. The second-order valence-electron chi connectivity index (χ2n) is 4.25. The lowest BCUT2D eigenvalue weighted by molar-refractivity contribution is 0.241. The summed E-state index contributed by atoms with van der Waals surface area (Å²) in [6, 6.07) is 4.88. The van der Waals surface area contributed by atoms with E-state index in [0.29, 0.717) is 6.04 Å². The van der Waals surface area contributed by atoms with Crippen molar-refractivity contribution in [3.05, 3.63) is 17.5 Å². The molecular weight excluding hydrogens is 206 g/mol. The van der Waals surface area contributed by atoms with Crippen LogP contribution in [0.2, 0.25) is 0 Å². The van der Waals surface area contributed by atoms with Crippen LogP contribution >= 0.6 is 11.3 Å². The quantitative estimate of drug-likeness (QED) is 0.831. The Balaban J connectivity index is 1.86. The Bertz CT molecular complexity index is 286. The third kappa shape index (κ3) is 2.93. The minimum absolute atomic E-state index is 0.593. The van der Waals surface area contributed by atoms with E-state index < -0.39 is 0 Å². The largest absolute Gasteiger partial charge is 0.365 e. The maximum atomic E-state index is 3.56. The minimum atomic E-state index is 0.593. The Hall–Kier alpha value is -0.580. The van der Waals surface area contributed by atoms with Crippen LogP contribution in [0.15, 0.2) is 17.5 Å². The van der Waals surface area contributed by atoms with Crippen LogP contribution in [0.1, 0.15) is 0 Å². The van der Waals surface area contributed by atoms with Crippen molar-refractivity contribution in [2.45, 2.75) is 6.04 Å². The second-order valence-corrected chi connectivity index (χ2v) is 5.17. The summed E-state index contributed by atoms with van der Waals surface area (Å²) in [6.07, 6.45) is 0. The zero-order valence-electron chi connectivity index (χ0n) is 9.44. The standard InChI is InChI=1S/C11H19N3S/c1-13-6-5-12-10(8-13)9-14(2)11-4-3-7-15-11/h3-4,7,10,12H,5-6,8-9H2,1-2H3. The van der Waals surface area contributed by atoms with Crippen molar-refractivity contribution in [2.24, 2.45) is 0 Å². The van der Waals surface area contributed by atoms with Crippen molar-refractivity contribution in [1.82, 2.24) is 10.2 Å². The number of anilines is 1. The second kappa shape index (κ2) is 4.96. The van der Waals surface area contributed by atoms with Gasteiger partial charge in [0.1, 0.15) is 0 Å². The maximum Gasteiger partial charge on any atom is 0.0906 e. The molecule has 1 aromatic heterocycles. The summed E-state index contributed by atoms with van der Waals surface area (Å²) >= 11 is 1.80. The number of likely N-dealkylation sites (N-methyl/N-ethyl adjacent to an activating group) is 2.